The molecule has 3 heterocycles. The van der Waals surface area contributed by atoms with Crippen molar-refractivity contribution in [3.05, 3.63) is 60.0 Å². The predicted octanol–water partition coefficient (Wildman–Crippen LogP) is 1.46. The molecule has 0 aliphatic rings. The summed E-state index contributed by atoms with van der Waals surface area (Å²) in [5, 5.41) is 19.5. The first-order valence-electron chi connectivity index (χ1n) is 9.02. The number of hydrogen-bond acceptors (Lipinski definition) is 10. The van der Waals surface area contributed by atoms with E-state index in [0.29, 0.717) is 22.7 Å². The van der Waals surface area contributed by atoms with Crippen molar-refractivity contribution in [2.75, 3.05) is 12.8 Å². The third-order valence-corrected chi connectivity index (χ3v) is 4.35. The van der Waals surface area contributed by atoms with E-state index in [-0.39, 0.29) is 17.3 Å². The Labute approximate surface area is 175 Å². The molecule has 0 bridgehead atoms. The number of pyridine rings is 1. The Kier molecular flexibility index (Phi) is 5.34. The number of hydrogen-bond donors (Lipinski definition) is 2. The van der Waals surface area contributed by atoms with Crippen molar-refractivity contribution in [1.29, 1.82) is 0 Å². The van der Waals surface area contributed by atoms with Gasteiger partial charge in [-0.2, -0.15) is 9.78 Å². The van der Waals surface area contributed by atoms with Crippen LogP contribution in [0.25, 0.3) is 17.1 Å². The van der Waals surface area contributed by atoms with E-state index in [4.69, 9.17) is 10.5 Å². The zero-order chi connectivity index (χ0) is 21.8. The summed E-state index contributed by atoms with van der Waals surface area (Å²) in [4.78, 5) is 16.9. The Morgan fingerprint density at radius 2 is 2.03 bits per heavy atom. The average molecular weight is 419 g/mol. The molecule has 0 spiro atoms. The van der Waals surface area contributed by atoms with Crippen LogP contribution in [0.2, 0.25) is 0 Å². The first kappa shape index (κ1) is 19.7. The maximum atomic E-state index is 12.9. The van der Waals surface area contributed by atoms with Gasteiger partial charge in [0.2, 0.25) is 11.6 Å². The lowest BCUT2D eigenvalue weighted by atomic mass is 10.1. The smallest absolute Gasteiger partial charge is 0.294 e. The number of ether oxygens (including phenoxy) is 1. The third-order valence-electron chi connectivity index (χ3n) is 4.35. The van der Waals surface area contributed by atoms with Crippen molar-refractivity contribution in [1.82, 2.24) is 35.7 Å². The second-order valence-electron chi connectivity index (χ2n) is 6.28. The number of aromatic nitrogens is 6. The van der Waals surface area contributed by atoms with E-state index in [1.165, 1.54) is 4.68 Å². The van der Waals surface area contributed by atoms with Crippen LogP contribution in [0.3, 0.4) is 0 Å². The fraction of sp³-hybridized carbons (Fsp3) is 0.105. The number of nitrogens with zero attached hydrogens (tertiary/aromatic N) is 7. The van der Waals surface area contributed by atoms with Gasteiger partial charge in [0.1, 0.15) is 11.4 Å². The van der Waals surface area contributed by atoms with Gasteiger partial charge in [0, 0.05) is 23.5 Å². The first-order chi connectivity index (χ1) is 15.1. The van der Waals surface area contributed by atoms with E-state index in [1.54, 1.807) is 62.8 Å². The largest absolute Gasteiger partial charge is 0.497 e. The molecule has 0 fully saturated rings. The molecule has 0 aliphatic carbocycles. The maximum absolute atomic E-state index is 12.9. The van der Waals surface area contributed by atoms with Gasteiger partial charge in [-0.15, -0.1) is 5.10 Å². The second-order valence-corrected chi connectivity index (χ2v) is 6.28. The Bertz CT molecular complexity index is 1250. The molecule has 4 aromatic rings. The minimum atomic E-state index is -0.576. The Hall–Kier alpha value is -4.61. The summed E-state index contributed by atoms with van der Waals surface area (Å²) in [5.74, 6) is 0.0929. The summed E-state index contributed by atoms with van der Waals surface area (Å²) in [5.41, 5.74) is 10.6. The van der Waals surface area contributed by atoms with E-state index >= 15 is 0 Å². The maximum Gasteiger partial charge on any atom is 0.294 e. The highest BCUT2D eigenvalue weighted by Gasteiger charge is 2.25. The lowest BCUT2D eigenvalue weighted by molar-refractivity contribution is 0.0950. The first-order valence-corrected chi connectivity index (χ1v) is 9.02. The van der Waals surface area contributed by atoms with Crippen LogP contribution in [-0.4, -0.2) is 49.0 Å². The van der Waals surface area contributed by atoms with E-state index in [2.05, 4.69) is 40.8 Å². The standard InChI is InChI=1S/C19H17N9O3/c1-11(12-6-8-21-9-7-12)22-24-19(29)15-16(13-4-3-5-14(10-13)30-2)28(27-23-15)18-17(20)25-31-26-18/h3-10H,1-2H3,(H2,20,25)(H,24,29)/b22-11-. The number of benzene rings is 1. The second kappa shape index (κ2) is 8.41. The zero-order valence-corrected chi connectivity index (χ0v) is 16.6. The van der Waals surface area contributed by atoms with Gasteiger partial charge in [0.25, 0.3) is 5.91 Å². The van der Waals surface area contributed by atoms with Gasteiger partial charge in [-0.05, 0) is 41.5 Å². The van der Waals surface area contributed by atoms with Crippen LogP contribution < -0.4 is 15.9 Å². The number of hydrazone groups is 1. The topological polar surface area (TPSA) is 159 Å². The molecule has 0 saturated carbocycles. The summed E-state index contributed by atoms with van der Waals surface area (Å²) in [6.07, 6.45) is 3.28. The quantitative estimate of drug-likeness (QED) is 0.348. The van der Waals surface area contributed by atoms with Crippen LogP contribution in [0.1, 0.15) is 23.0 Å². The van der Waals surface area contributed by atoms with Crippen molar-refractivity contribution < 1.29 is 14.2 Å². The van der Waals surface area contributed by atoms with E-state index in [1.807, 2.05) is 0 Å². The minimum Gasteiger partial charge on any atom is -0.497 e. The number of nitrogen functional groups attached to an aromatic ring is 1. The third kappa shape index (κ3) is 3.94. The summed E-state index contributed by atoms with van der Waals surface area (Å²) in [6, 6.07) is 10.6. The van der Waals surface area contributed by atoms with Gasteiger partial charge < -0.3 is 10.5 Å². The van der Waals surface area contributed by atoms with Gasteiger partial charge in [0.15, 0.2) is 5.69 Å². The molecule has 12 heteroatoms. The van der Waals surface area contributed by atoms with Gasteiger partial charge in [0.05, 0.1) is 12.8 Å². The van der Waals surface area contributed by atoms with Crippen LogP contribution in [0.4, 0.5) is 5.82 Å². The molecule has 3 N–H and O–H groups in total. The Balaban J connectivity index is 1.74. The van der Waals surface area contributed by atoms with Crippen molar-refractivity contribution in [2.24, 2.45) is 5.10 Å². The lowest BCUT2D eigenvalue weighted by Crippen LogP contribution is -2.21. The molecule has 12 nitrogen and oxygen atoms in total. The number of nitrogens with two attached hydrogens (primary N) is 1. The molecular formula is C19H17N9O3. The molecule has 31 heavy (non-hydrogen) atoms. The molecular weight excluding hydrogens is 402 g/mol. The lowest BCUT2D eigenvalue weighted by Gasteiger charge is -2.08. The zero-order valence-electron chi connectivity index (χ0n) is 16.6. The summed E-state index contributed by atoms with van der Waals surface area (Å²) in [6.45, 7) is 1.76. The highest BCUT2D eigenvalue weighted by molar-refractivity contribution is 6.02. The fourth-order valence-electron chi connectivity index (χ4n) is 2.80. The monoisotopic (exact) mass is 419 g/mol. The summed E-state index contributed by atoms with van der Waals surface area (Å²) < 4.78 is 11.2. The number of amides is 1. The summed E-state index contributed by atoms with van der Waals surface area (Å²) in [7, 11) is 1.54. The van der Waals surface area contributed by atoms with Crippen molar-refractivity contribution >= 4 is 17.4 Å². The van der Waals surface area contributed by atoms with E-state index in [9.17, 15) is 4.79 Å². The Morgan fingerprint density at radius 3 is 2.74 bits per heavy atom. The van der Waals surface area contributed by atoms with Crippen LogP contribution in [-0.2, 0) is 0 Å². The Morgan fingerprint density at radius 1 is 1.23 bits per heavy atom. The predicted molar refractivity (Wildman–Crippen MR) is 110 cm³/mol. The number of rotatable bonds is 6. The number of carbonyl (C=O) groups excluding carboxylic acids is 1. The molecule has 3 aromatic heterocycles. The normalized spacial score (nSPS) is 11.4. The van der Waals surface area contributed by atoms with E-state index in [0.717, 1.165) is 5.56 Å². The number of methoxy groups -OCH3 is 1. The van der Waals surface area contributed by atoms with E-state index < -0.39 is 5.91 Å². The minimum absolute atomic E-state index is 0.00179. The number of nitrogens with one attached hydrogen (secondary N) is 1. The average Bonchev–Trinajstić information content (AvgIpc) is 3.43. The van der Waals surface area contributed by atoms with Gasteiger partial charge in [-0.25, -0.2) is 10.1 Å². The molecule has 1 aromatic carbocycles. The van der Waals surface area contributed by atoms with Crippen molar-refractivity contribution in [2.45, 2.75) is 6.92 Å². The fourth-order valence-corrected chi connectivity index (χ4v) is 2.80. The van der Waals surface area contributed by atoms with Crippen LogP contribution in [0.15, 0.2) is 58.5 Å². The molecule has 156 valence electrons. The molecule has 0 unspecified atom stereocenters. The van der Waals surface area contributed by atoms with Crippen molar-refractivity contribution in [3.8, 4) is 22.8 Å². The molecule has 0 atom stereocenters. The molecule has 0 aliphatic heterocycles. The van der Waals surface area contributed by atoms with Crippen LogP contribution in [0.5, 0.6) is 5.75 Å². The molecule has 0 radical (unpaired) electrons. The highest BCUT2D eigenvalue weighted by Crippen LogP contribution is 2.28. The highest BCUT2D eigenvalue weighted by atomic mass is 16.6. The van der Waals surface area contributed by atoms with Crippen LogP contribution in [0, 0.1) is 0 Å². The molecule has 0 saturated heterocycles. The van der Waals surface area contributed by atoms with Gasteiger partial charge in [-0.1, -0.05) is 17.3 Å². The van der Waals surface area contributed by atoms with Gasteiger partial charge in [-0.3, -0.25) is 9.78 Å². The SMILES string of the molecule is COc1cccc(-c2c(C(=O)N/N=C(/C)c3ccncc3)nnn2-c2nonc2N)c1. The summed E-state index contributed by atoms with van der Waals surface area (Å²) >= 11 is 0. The number of carbonyl (C=O) groups is 1. The molecule has 1 amide bonds. The van der Waals surface area contributed by atoms with Gasteiger partial charge >= 0.3 is 0 Å². The van der Waals surface area contributed by atoms with Crippen molar-refractivity contribution in [3.63, 3.8) is 0 Å². The number of anilines is 1. The molecule has 4 rings (SSSR count). The van der Waals surface area contributed by atoms with Crippen LogP contribution >= 0.6 is 0 Å².